The number of rotatable bonds is 5. The molecule has 0 unspecified atom stereocenters. The molecule has 38 heavy (non-hydrogen) atoms. The van der Waals surface area contributed by atoms with Crippen LogP contribution in [0.15, 0.2) is 53.5 Å². The Hall–Kier alpha value is -3.33. The summed E-state index contributed by atoms with van der Waals surface area (Å²) >= 11 is 6.81. The Bertz CT molecular complexity index is 1540. The van der Waals surface area contributed by atoms with Crippen molar-refractivity contribution in [3.05, 3.63) is 69.7 Å². The van der Waals surface area contributed by atoms with Crippen LogP contribution in [0, 0.1) is 6.92 Å². The maximum absolute atomic E-state index is 14.1. The zero-order valence-corrected chi connectivity index (χ0v) is 22.1. The number of fused-ring (bicyclic) bond motifs is 1. The molecule has 4 aromatic rings. The van der Waals surface area contributed by atoms with Crippen LogP contribution < -0.4 is 16.6 Å². The molecule has 0 amide bonds. The maximum Gasteiger partial charge on any atom is 0.260 e. The molecule has 9 heteroatoms. The molecule has 1 saturated heterocycles. The van der Waals surface area contributed by atoms with E-state index in [4.69, 9.17) is 27.1 Å². The number of benzene rings is 1. The summed E-state index contributed by atoms with van der Waals surface area (Å²) in [6, 6.07) is 13.8. The molecule has 2 fully saturated rings. The Balaban J connectivity index is 1.46. The van der Waals surface area contributed by atoms with Crippen LogP contribution >= 0.6 is 11.6 Å². The van der Waals surface area contributed by atoms with Gasteiger partial charge in [-0.05, 0) is 63.3 Å². The number of aryl methyl sites for hydroxylation is 1. The van der Waals surface area contributed by atoms with Gasteiger partial charge in [0, 0.05) is 57.7 Å². The Kier molecular flexibility index (Phi) is 6.86. The summed E-state index contributed by atoms with van der Waals surface area (Å²) in [7, 11) is 0. The van der Waals surface area contributed by atoms with Crippen LogP contribution in [0.3, 0.4) is 0 Å². The molecule has 1 aromatic carbocycles. The quantitative estimate of drug-likeness (QED) is 0.368. The fourth-order valence-corrected chi connectivity index (χ4v) is 5.79. The Morgan fingerprint density at radius 1 is 1.05 bits per heavy atom. The van der Waals surface area contributed by atoms with Crippen molar-refractivity contribution >= 4 is 28.6 Å². The van der Waals surface area contributed by atoms with E-state index >= 15 is 0 Å². The van der Waals surface area contributed by atoms with Gasteiger partial charge in [0.25, 0.3) is 5.56 Å². The van der Waals surface area contributed by atoms with E-state index in [0.717, 1.165) is 61.0 Å². The minimum absolute atomic E-state index is 0.0110. The minimum Gasteiger partial charge on any atom is -0.379 e. The molecule has 3 aromatic heterocycles. The van der Waals surface area contributed by atoms with Gasteiger partial charge in [0.2, 0.25) is 5.95 Å². The first-order chi connectivity index (χ1) is 18.5. The van der Waals surface area contributed by atoms with Gasteiger partial charge >= 0.3 is 0 Å². The zero-order valence-electron chi connectivity index (χ0n) is 21.4. The molecule has 0 spiro atoms. The standard InChI is InChI=1S/C29H31ClN6O2/c1-17-3-2-4-26(33-17)18-5-10-23(25(30)14-18)24-13-19-15-32-29(34-21-11-12-38-16-21)35-27(19)36(28(24)37)22-8-6-20(31)7-9-22/h2-5,10,13-15,20-22H,6-9,11-12,16,31H2,1H3,(H,32,34,35)/t20-,21-,22-/m1/s1. The van der Waals surface area contributed by atoms with Crippen LogP contribution in [-0.2, 0) is 4.74 Å². The second-order valence-electron chi connectivity index (χ2n) is 10.3. The predicted octanol–water partition coefficient (Wildman–Crippen LogP) is 5.13. The van der Waals surface area contributed by atoms with Gasteiger partial charge in [-0.2, -0.15) is 4.98 Å². The van der Waals surface area contributed by atoms with Crippen molar-refractivity contribution < 1.29 is 4.74 Å². The molecular weight excluding hydrogens is 500 g/mol. The lowest BCUT2D eigenvalue weighted by molar-refractivity contribution is 0.195. The highest BCUT2D eigenvalue weighted by molar-refractivity contribution is 6.33. The molecule has 4 heterocycles. The van der Waals surface area contributed by atoms with Crippen molar-refractivity contribution in [2.45, 2.75) is 57.2 Å². The van der Waals surface area contributed by atoms with Crippen LogP contribution in [0.5, 0.6) is 0 Å². The lowest BCUT2D eigenvalue weighted by Gasteiger charge is -2.29. The van der Waals surface area contributed by atoms with E-state index in [9.17, 15) is 4.79 Å². The topological polar surface area (TPSA) is 108 Å². The van der Waals surface area contributed by atoms with Crippen LogP contribution in [0.2, 0.25) is 5.02 Å². The summed E-state index contributed by atoms with van der Waals surface area (Å²) in [5, 5.41) is 4.66. The number of ether oxygens (including phenoxy) is 1. The second-order valence-corrected chi connectivity index (χ2v) is 10.7. The molecule has 3 N–H and O–H groups in total. The molecule has 6 rings (SSSR count). The molecule has 2 aliphatic rings. The van der Waals surface area contributed by atoms with E-state index in [2.05, 4.69) is 15.3 Å². The first-order valence-corrected chi connectivity index (χ1v) is 13.6. The van der Waals surface area contributed by atoms with Gasteiger partial charge in [0.05, 0.1) is 18.3 Å². The largest absolute Gasteiger partial charge is 0.379 e. The van der Waals surface area contributed by atoms with Crippen molar-refractivity contribution in [3.63, 3.8) is 0 Å². The van der Waals surface area contributed by atoms with Gasteiger partial charge in [-0.15, -0.1) is 0 Å². The number of anilines is 1. The first-order valence-electron chi connectivity index (χ1n) is 13.2. The number of aromatic nitrogens is 4. The average molecular weight is 531 g/mol. The van der Waals surface area contributed by atoms with E-state index in [1.54, 1.807) is 6.20 Å². The number of hydrogen-bond acceptors (Lipinski definition) is 7. The number of nitrogens with zero attached hydrogens (tertiary/aromatic N) is 4. The number of nitrogens with two attached hydrogens (primary N) is 1. The van der Waals surface area contributed by atoms with Gasteiger partial charge in [0.15, 0.2) is 0 Å². The van der Waals surface area contributed by atoms with E-state index in [1.807, 2.05) is 54.0 Å². The first kappa shape index (κ1) is 25.0. The highest BCUT2D eigenvalue weighted by Gasteiger charge is 2.26. The van der Waals surface area contributed by atoms with Crippen molar-refractivity contribution in [2.24, 2.45) is 5.73 Å². The summed E-state index contributed by atoms with van der Waals surface area (Å²) in [6.07, 6.45) is 6.09. The summed E-state index contributed by atoms with van der Waals surface area (Å²) < 4.78 is 7.33. The fourth-order valence-electron chi connectivity index (χ4n) is 5.51. The smallest absolute Gasteiger partial charge is 0.260 e. The lowest BCUT2D eigenvalue weighted by atomic mass is 9.91. The minimum atomic E-state index is -0.102. The SMILES string of the molecule is Cc1cccc(-c2ccc(-c3cc4cnc(N[C@@H]5CCOC5)nc4n([C@H]4CC[C@H](N)CC4)c3=O)c(Cl)c2)n1. The Labute approximate surface area is 226 Å². The van der Waals surface area contributed by atoms with E-state index < -0.39 is 0 Å². The van der Waals surface area contributed by atoms with Crippen LogP contribution in [0.25, 0.3) is 33.4 Å². The predicted molar refractivity (Wildman–Crippen MR) is 151 cm³/mol. The third-order valence-corrected chi connectivity index (χ3v) is 7.90. The fraction of sp³-hybridized carbons (Fsp3) is 0.379. The second kappa shape index (κ2) is 10.4. The molecule has 1 saturated carbocycles. The number of halogens is 1. The van der Waals surface area contributed by atoms with Crippen LogP contribution in [0.4, 0.5) is 5.95 Å². The van der Waals surface area contributed by atoms with E-state index in [-0.39, 0.29) is 23.7 Å². The van der Waals surface area contributed by atoms with Gasteiger partial charge in [-0.3, -0.25) is 14.3 Å². The van der Waals surface area contributed by atoms with Gasteiger partial charge in [0.1, 0.15) is 5.65 Å². The third kappa shape index (κ3) is 4.91. The Morgan fingerprint density at radius 3 is 2.63 bits per heavy atom. The summed E-state index contributed by atoms with van der Waals surface area (Å²) in [4.78, 5) is 28.1. The van der Waals surface area contributed by atoms with Gasteiger partial charge in [-0.1, -0.05) is 29.8 Å². The molecule has 1 aliphatic carbocycles. The summed E-state index contributed by atoms with van der Waals surface area (Å²) in [6.45, 7) is 3.31. The van der Waals surface area contributed by atoms with E-state index in [1.165, 1.54) is 0 Å². The monoisotopic (exact) mass is 530 g/mol. The average Bonchev–Trinajstić information content (AvgIpc) is 3.42. The summed E-state index contributed by atoms with van der Waals surface area (Å²) in [5.74, 6) is 0.509. The molecular formula is C29H31ClN6O2. The lowest BCUT2D eigenvalue weighted by Crippen LogP contribution is -2.33. The number of hydrogen-bond donors (Lipinski definition) is 2. The van der Waals surface area contributed by atoms with Crippen molar-refractivity contribution in [3.8, 4) is 22.4 Å². The molecule has 1 aliphatic heterocycles. The van der Waals surface area contributed by atoms with Crippen molar-refractivity contribution in [1.29, 1.82) is 0 Å². The van der Waals surface area contributed by atoms with E-state index in [0.29, 0.717) is 34.4 Å². The van der Waals surface area contributed by atoms with Crippen LogP contribution in [-0.4, -0.2) is 44.8 Å². The number of pyridine rings is 2. The third-order valence-electron chi connectivity index (χ3n) is 7.59. The highest BCUT2D eigenvalue weighted by Crippen LogP contribution is 2.34. The molecule has 0 bridgehead atoms. The normalized spacial score (nSPS) is 21.6. The molecule has 1 atom stereocenters. The van der Waals surface area contributed by atoms with Crippen molar-refractivity contribution in [2.75, 3.05) is 18.5 Å². The zero-order chi connectivity index (χ0) is 26.2. The summed E-state index contributed by atoms with van der Waals surface area (Å²) in [5.41, 5.74) is 10.6. The maximum atomic E-state index is 14.1. The van der Waals surface area contributed by atoms with Gasteiger partial charge in [-0.25, -0.2) is 4.98 Å². The van der Waals surface area contributed by atoms with Gasteiger partial charge < -0.3 is 15.8 Å². The molecule has 196 valence electrons. The van der Waals surface area contributed by atoms with Crippen molar-refractivity contribution in [1.82, 2.24) is 19.5 Å². The highest BCUT2D eigenvalue weighted by atomic mass is 35.5. The molecule has 8 nitrogen and oxygen atoms in total. The number of nitrogens with one attached hydrogen (secondary N) is 1. The molecule has 0 radical (unpaired) electrons. The van der Waals surface area contributed by atoms with Crippen LogP contribution in [0.1, 0.15) is 43.8 Å². The Morgan fingerprint density at radius 2 is 1.89 bits per heavy atom.